The number of unbranched alkanes of at least 4 members (excludes halogenated alkanes) is 14. The van der Waals surface area contributed by atoms with Crippen molar-refractivity contribution >= 4 is 46.6 Å². The van der Waals surface area contributed by atoms with Crippen molar-refractivity contribution in [2.24, 2.45) is 0 Å². The lowest BCUT2D eigenvalue weighted by molar-refractivity contribution is -0.141. The monoisotopic (exact) mass is 725 g/mol. The van der Waals surface area contributed by atoms with Crippen LogP contribution in [0.15, 0.2) is 35.3 Å². The number of benzene rings is 1. The smallest absolute Gasteiger partial charge is 0.326 e. The summed E-state index contributed by atoms with van der Waals surface area (Å²) in [5, 5.41) is 31.7. The number of hydrogen-bond acceptors (Lipinski definition) is 10. The molecule has 8 N–H and O–H groups in total. The molecule has 1 unspecified atom stereocenters. The molecule has 0 aliphatic heterocycles. The summed E-state index contributed by atoms with van der Waals surface area (Å²) < 4.78 is 0. The summed E-state index contributed by atoms with van der Waals surface area (Å²) in [5.74, 6) is -3.81. The highest BCUT2D eigenvalue weighted by Crippen LogP contribution is 2.15. The van der Waals surface area contributed by atoms with Gasteiger partial charge in [-0.2, -0.15) is 4.98 Å². The predicted molar refractivity (Wildman–Crippen MR) is 199 cm³/mol. The van der Waals surface area contributed by atoms with Crippen LogP contribution in [0, 0.1) is 0 Å². The number of aliphatic carboxylic acids is 3. The van der Waals surface area contributed by atoms with E-state index < -0.39 is 35.4 Å². The molecule has 0 spiro atoms. The number of rotatable bonds is 25. The first-order chi connectivity index (χ1) is 25.0. The summed E-state index contributed by atoms with van der Waals surface area (Å²) in [7, 11) is 0. The van der Waals surface area contributed by atoms with Crippen LogP contribution < -0.4 is 21.9 Å². The number of hydrogen-bond donors (Lipinski definition) is 7. The number of nitrogens with zero attached hydrogens (tertiary/aromatic N) is 3. The topological polar surface area (TPSA) is 251 Å². The molecule has 2 heterocycles. The second kappa shape index (κ2) is 25.0. The van der Waals surface area contributed by atoms with E-state index >= 15 is 0 Å². The molecule has 15 nitrogen and oxygen atoms in total. The Bertz CT molecular complexity index is 1600. The number of aromatic nitrogens is 4. The third-order valence-corrected chi connectivity index (χ3v) is 8.35. The molecule has 3 rings (SSSR count). The Labute approximate surface area is 304 Å². The lowest BCUT2D eigenvalue weighted by atomic mass is 10.0. The summed E-state index contributed by atoms with van der Waals surface area (Å²) in [4.78, 5) is 70.9. The van der Waals surface area contributed by atoms with Gasteiger partial charge in [0.05, 0.1) is 18.4 Å². The number of amides is 1. The van der Waals surface area contributed by atoms with Gasteiger partial charge in [0.15, 0.2) is 11.2 Å². The summed E-state index contributed by atoms with van der Waals surface area (Å²) in [6.07, 6.45) is 21.0. The number of carboxylic acids is 3. The molecule has 0 saturated carbocycles. The Kier molecular flexibility index (Phi) is 20.7. The average Bonchev–Trinajstić information content (AvgIpc) is 3.11. The number of carbonyl (C=O) groups excluding carboxylic acids is 1. The van der Waals surface area contributed by atoms with Gasteiger partial charge in [-0.25, -0.2) is 14.8 Å². The normalized spacial score (nSPS) is 11.3. The molecular weight excluding hydrogens is 670 g/mol. The number of carboxylic acid groups (broad SMARTS) is 3. The number of fused-ring (bicyclic) bond motifs is 1. The zero-order valence-electron chi connectivity index (χ0n) is 30.2. The van der Waals surface area contributed by atoms with Crippen LogP contribution in [0.1, 0.15) is 139 Å². The molecule has 286 valence electrons. The fourth-order valence-corrected chi connectivity index (χ4v) is 5.40. The van der Waals surface area contributed by atoms with Crippen molar-refractivity contribution in [3.8, 4) is 0 Å². The molecule has 0 radical (unpaired) electrons. The largest absolute Gasteiger partial charge is 0.481 e. The van der Waals surface area contributed by atoms with Crippen LogP contribution in [0.25, 0.3) is 11.2 Å². The second-order valence-electron chi connectivity index (χ2n) is 12.8. The van der Waals surface area contributed by atoms with Crippen LogP contribution in [0.3, 0.4) is 0 Å². The number of nitrogen functional groups attached to an aromatic ring is 1. The summed E-state index contributed by atoms with van der Waals surface area (Å²) in [5.41, 5.74) is 6.47. The molecular formula is C37H55N7O8. The maximum absolute atomic E-state index is 12.3. The lowest BCUT2D eigenvalue weighted by Crippen LogP contribution is -2.41. The first-order valence-corrected chi connectivity index (χ1v) is 18.3. The average molecular weight is 726 g/mol. The minimum absolute atomic E-state index is 0.0524. The first kappa shape index (κ1) is 43.1. The van der Waals surface area contributed by atoms with Crippen molar-refractivity contribution in [1.82, 2.24) is 25.3 Å². The minimum Gasteiger partial charge on any atom is -0.481 e. The Morgan fingerprint density at radius 2 is 1.31 bits per heavy atom. The highest BCUT2D eigenvalue weighted by atomic mass is 16.4. The Morgan fingerprint density at radius 1 is 0.769 bits per heavy atom. The van der Waals surface area contributed by atoms with Gasteiger partial charge in [-0.1, -0.05) is 96.8 Å². The van der Waals surface area contributed by atoms with Crippen molar-refractivity contribution in [2.75, 3.05) is 11.1 Å². The van der Waals surface area contributed by atoms with E-state index in [1.54, 1.807) is 12.1 Å². The van der Waals surface area contributed by atoms with Crippen LogP contribution in [-0.2, 0) is 20.9 Å². The van der Waals surface area contributed by atoms with E-state index in [0.717, 1.165) is 12.8 Å². The van der Waals surface area contributed by atoms with Gasteiger partial charge in [0.1, 0.15) is 6.04 Å². The van der Waals surface area contributed by atoms with Crippen molar-refractivity contribution in [1.29, 1.82) is 0 Å². The summed E-state index contributed by atoms with van der Waals surface area (Å²) >= 11 is 0. The summed E-state index contributed by atoms with van der Waals surface area (Å²) in [6.45, 7) is 2.50. The molecule has 0 saturated heterocycles. The molecule has 0 bridgehead atoms. The minimum atomic E-state index is -1.31. The van der Waals surface area contributed by atoms with Gasteiger partial charge in [-0.05, 0) is 37.1 Å². The van der Waals surface area contributed by atoms with Gasteiger partial charge in [0.2, 0.25) is 5.95 Å². The van der Waals surface area contributed by atoms with Gasteiger partial charge in [0, 0.05) is 24.1 Å². The zero-order chi connectivity index (χ0) is 38.1. The molecule has 0 aliphatic carbocycles. The quantitative estimate of drug-likeness (QED) is 0.0475. The van der Waals surface area contributed by atoms with Gasteiger partial charge in [-0.15, -0.1) is 0 Å². The molecule has 15 heteroatoms. The molecule has 1 aromatic carbocycles. The second-order valence-corrected chi connectivity index (χ2v) is 12.8. The third kappa shape index (κ3) is 18.2. The number of H-pyrrole nitrogens is 1. The maximum Gasteiger partial charge on any atom is 0.326 e. The van der Waals surface area contributed by atoms with Crippen molar-refractivity contribution in [3.63, 3.8) is 0 Å². The zero-order valence-corrected chi connectivity index (χ0v) is 30.2. The van der Waals surface area contributed by atoms with Gasteiger partial charge >= 0.3 is 17.9 Å². The fraction of sp³-hybridized carbons (Fsp3) is 0.568. The van der Waals surface area contributed by atoms with Crippen molar-refractivity contribution in [3.05, 3.63) is 52.1 Å². The first-order valence-electron chi connectivity index (χ1n) is 18.3. The van der Waals surface area contributed by atoms with Gasteiger partial charge in [-0.3, -0.25) is 24.2 Å². The number of aromatic amines is 1. The van der Waals surface area contributed by atoms with Crippen molar-refractivity contribution < 1.29 is 34.5 Å². The maximum atomic E-state index is 12.3. The molecule has 52 heavy (non-hydrogen) atoms. The van der Waals surface area contributed by atoms with E-state index in [2.05, 4.69) is 37.5 Å². The van der Waals surface area contributed by atoms with Crippen molar-refractivity contribution in [2.45, 2.75) is 135 Å². The molecule has 0 aliphatic rings. The number of carbonyl (C=O) groups is 4. The van der Waals surface area contributed by atoms with E-state index in [9.17, 15) is 24.0 Å². The molecule has 1 atom stereocenters. The van der Waals surface area contributed by atoms with Gasteiger partial charge in [0.25, 0.3) is 11.5 Å². The molecule has 2 aromatic heterocycles. The Hall–Kier alpha value is -5.08. The SMILES string of the molecule is CCCCCCCCCCCCCCCCCC(=O)O.Nc1nc2ncc(CNc3ccc(C(=O)NC(CCC(=O)O)C(=O)O)cc3)nc2c(=O)[nH]1. The van der Waals surface area contributed by atoms with Crippen LogP contribution in [-0.4, -0.2) is 65.1 Å². The fourth-order valence-electron chi connectivity index (χ4n) is 5.40. The van der Waals surface area contributed by atoms with E-state index in [-0.39, 0.29) is 42.1 Å². The molecule has 1 amide bonds. The van der Waals surface area contributed by atoms with E-state index in [1.165, 1.54) is 102 Å². The van der Waals surface area contributed by atoms with Crippen LogP contribution in [0.2, 0.25) is 0 Å². The van der Waals surface area contributed by atoms with E-state index in [4.69, 9.17) is 21.1 Å². The standard InChI is InChI=1S/C19H19N7O6.C18H36O2/c20-19-25-15-14(17(30)26-19)23-11(8-22-15)7-21-10-3-1-9(2-4-10)16(29)24-12(18(31)32)5-6-13(27)28;1-2-3-4-5-6-7-8-9-10-11-12-13-14-15-16-17-18(19)20/h1-4,8,12,21H,5-7H2,(H,24,29)(H,27,28)(H,31,32)(H3,20,22,25,26,30);2-17H2,1H3,(H,19,20). The third-order valence-electron chi connectivity index (χ3n) is 8.35. The van der Waals surface area contributed by atoms with Crippen LogP contribution in [0.5, 0.6) is 0 Å². The highest BCUT2D eigenvalue weighted by Gasteiger charge is 2.21. The summed E-state index contributed by atoms with van der Waals surface area (Å²) in [6, 6.07) is 4.86. The van der Waals surface area contributed by atoms with Gasteiger partial charge < -0.3 is 31.7 Å². The highest BCUT2D eigenvalue weighted by molar-refractivity contribution is 5.97. The van der Waals surface area contributed by atoms with Crippen LogP contribution >= 0.6 is 0 Å². The Balaban J connectivity index is 0.000000405. The molecule has 0 fully saturated rings. The van der Waals surface area contributed by atoms with E-state index in [1.807, 2.05) is 0 Å². The number of nitrogens with two attached hydrogens (primary N) is 1. The molecule has 3 aromatic rings. The lowest BCUT2D eigenvalue weighted by Gasteiger charge is -2.14. The predicted octanol–water partition coefficient (Wildman–Crippen LogP) is 6.29. The van der Waals surface area contributed by atoms with E-state index in [0.29, 0.717) is 17.8 Å². The number of anilines is 2. The van der Waals surface area contributed by atoms with Crippen LogP contribution in [0.4, 0.5) is 11.6 Å². The Morgan fingerprint density at radius 3 is 1.83 bits per heavy atom. The number of nitrogens with one attached hydrogen (secondary N) is 3.